The van der Waals surface area contributed by atoms with E-state index < -0.39 is 27.8 Å². The Hall–Kier alpha value is -6.26. The van der Waals surface area contributed by atoms with Crippen molar-refractivity contribution in [1.82, 2.24) is 29.9 Å². The molecule has 3 aromatic heterocycles. The maximum absolute atomic E-state index is 11.8. The van der Waals surface area contributed by atoms with Gasteiger partial charge in [0.2, 0.25) is 0 Å². The van der Waals surface area contributed by atoms with Crippen molar-refractivity contribution in [3.05, 3.63) is 191 Å². The Bertz CT molecular complexity index is 4080. The van der Waals surface area contributed by atoms with E-state index in [0.717, 1.165) is 116 Å². The molecule has 2 aliphatic rings. The van der Waals surface area contributed by atoms with E-state index in [1.54, 1.807) is 0 Å². The van der Waals surface area contributed by atoms with Gasteiger partial charge in [0.05, 0.1) is 27.8 Å². The minimum atomic E-state index is -1.83. The molecule has 6 aromatic carbocycles. The van der Waals surface area contributed by atoms with Gasteiger partial charge in [0.1, 0.15) is 34.9 Å². The molecule has 3 atom stereocenters. The molecule has 2 aliphatic carbocycles. The second-order valence-electron chi connectivity index (χ2n) is 31.4. The summed E-state index contributed by atoms with van der Waals surface area (Å²) in [6, 6.07) is 38.8. The highest BCUT2D eigenvalue weighted by Crippen LogP contribution is 2.47. The van der Waals surface area contributed by atoms with Crippen molar-refractivity contribution in [1.29, 1.82) is 0 Å². The van der Waals surface area contributed by atoms with Gasteiger partial charge in [-0.3, -0.25) is 0 Å². The van der Waals surface area contributed by atoms with Crippen LogP contribution in [0.4, 0.5) is 17.5 Å². The lowest BCUT2D eigenvalue weighted by molar-refractivity contribution is -0.0330. The number of halogens is 1. The number of fused-ring (bicyclic) bond motifs is 3. The smallest absolute Gasteiger partial charge is 0.192 e. The fourth-order valence-corrected chi connectivity index (χ4v) is 16.8. The number of rotatable bonds is 15. The maximum Gasteiger partial charge on any atom is 0.192 e. The van der Waals surface area contributed by atoms with Gasteiger partial charge < -0.3 is 35.0 Å². The van der Waals surface area contributed by atoms with Crippen LogP contribution in [0.2, 0.25) is 36.3 Å². The second kappa shape index (κ2) is 29.9. The number of benzene rings is 6. The molecule has 2 fully saturated rings. The van der Waals surface area contributed by atoms with E-state index in [1.165, 1.54) is 42.5 Å². The first-order valence-corrected chi connectivity index (χ1v) is 42.0. The zero-order valence-electron chi connectivity index (χ0n) is 62.2. The molecule has 3 heterocycles. The Balaban J connectivity index is 0.000000175. The van der Waals surface area contributed by atoms with Gasteiger partial charge in [0.25, 0.3) is 0 Å². The lowest BCUT2D eigenvalue weighted by Gasteiger charge is -2.43. The molecule has 97 heavy (non-hydrogen) atoms. The number of aliphatic hydroxyl groups is 2. The maximum atomic E-state index is 11.8. The molecule has 5 N–H and O–H groups in total. The van der Waals surface area contributed by atoms with Gasteiger partial charge in [-0.05, 0) is 262 Å². The van der Waals surface area contributed by atoms with Gasteiger partial charge in [-0.1, -0.05) is 143 Å². The number of nitrogens with zero attached hydrogens (tertiary/aromatic N) is 6. The summed E-state index contributed by atoms with van der Waals surface area (Å²) in [6.07, 6.45) is 6.75. The van der Waals surface area contributed by atoms with Crippen LogP contribution >= 0.6 is 22.6 Å². The summed E-state index contributed by atoms with van der Waals surface area (Å²) >= 11 is 2.35. The van der Waals surface area contributed by atoms with Crippen LogP contribution < -0.4 is 16.0 Å². The molecule has 0 spiro atoms. The molecule has 11 rings (SSSR count). The zero-order valence-corrected chi connectivity index (χ0v) is 66.4. The first-order chi connectivity index (χ1) is 45.3. The van der Waals surface area contributed by atoms with E-state index >= 15 is 0 Å². The van der Waals surface area contributed by atoms with Crippen molar-refractivity contribution < 1.29 is 19.1 Å². The molecule has 0 unspecified atom stereocenters. The third kappa shape index (κ3) is 18.0. The molecular formula is C81H110IN9O4Si2. The molecule has 2 saturated carbocycles. The Morgan fingerprint density at radius 1 is 0.433 bits per heavy atom. The fourth-order valence-electron chi connectivity index (χ4n) is 13.2. The largest absolute Gasteiger partial charge is 0.414 e. The average molecular weight is 1460 g/mol. The number of hydrogen-bond donors (Lipinski definition) is 5. The molecule has 9 aromatic rings. The summed E-state index contributed by atoms with van der Waals surface area (Å²) in [5.74, 6) is 4.82. The highest BCUT2D eigenvalue weighted by atomic mass is 127. The van der Waals surface area contributed by atoms with Gasteiger partial charge in [0, 0.05) is 50.1 Å². The van der Waals surface area contributed by atoms with Gasteiger partial charge in [0.15, 0.2) is 16.6 Å². The van der Waals surface area contributed by atoms with Crippen molar-refractivity contribution in [2.45, 2.75) is 254 Å². The topological polar surface area (TPSA) is 172 Å². The second-order valence-corrected chi connectivity index (χ2v) is 42.2. The first kappa shape index (κ1) is 75.0. The van der Waals surface area contributed by atoms with E-state index in [4.69, 9.17) is 28.8 Å². The monoisotopic (exact) mass is 1460 g/mol. The predicted octanol–water partition coefficient (Wildman–Crippen LogP) is 21.1. The summed E-state index contributed by atoms with van der Waals surface area (Å²) < 4.78 is 14.6. The average Bonchev–Trinajstić information content (AvgIpc) is 0.774. The molecular weight excluding hydrogens is 1350 g/mol. The van der Waals surface area contributed by atoms with E-state index in [1.807, 2.05) is 20.8 Å². The van der Waals surface area contributed by atoms with Crippen LogP contribution in [-0.2, 0) is 20.1 Å². The number of aromatic nitrogens is 6. The minimum absolute atomic E-state index is 0.0902. The third-order valence-electron chi connectivity index (χ3n) is 21.1. The molecule has 13 nitrogen and oxygen atoms in total. The number of hydrogen-bond acceptors (Lipinski definition) is 13. The van der Waals surface area contributed by atoms with Crippen molar-refractivity contribution in [3.63, 3.8) is 0 Å². The molecule has 0 aliphatic heterocycles. The molecule has 0 radical (unpaired) electrons. The van der Waals surface area contributed by atoms with Crippen molar-refractivity contribution >= 4 is 89.4 Å². The standard InChI is InChI=1S/2C31H45N3O2Si.C19H20IN3/c2*1-20-11-10-12-24(17-20)22(3)32-29-27-19-25(18-21(2)28(27)33-23(4)34-29)31(35)15-13-26(14-16-31)36-37(8,9)30(5,6)7;1-11-6-5-7-15(8-11)13(3)21-19-17-10-16(20)9-12(2)18(17)22-14(4)23-19/h2*10-12,17-19,22,26,35H,13-16H2,1-9H3,(H,32,33,34);5-10,13H,1-4H3,(H,21,22,23)/t2*22-,26?,31?;13-/m111/s1. The van der Waals surface area contributed by atoms with Crippen LogP contribution in [0, 0.1) is 65.9 Å². The number of aryl methyl sites for hydroxylation is 9. The van der Waals surface area contributed by atoms with E-state index in [-0.39, 0.29) is 40.4 Å². The molecule has 0 amide bonds. The summed E-state index contributed by atoms with van der Waals surface area (Å²) in [5.41, 5.74) is 13.9. The molecule has 16 heteroatoms. The van der Waals surface area contributed by atoms with Gasteiger partial charge in [-0.25, -0.2) is 29.9 Å². The number of anilines is 3. The normalized spacial score (nSPS) is 19.5. The summed E-state index contributed by atoms with van der Waals surface area (Å²) in [7, 11) is -3.66. The van der Waals surface area contributed by atoms with Crippen LogP contribution in [0.5, 0.6) is 0 Å². The Morgan fingerprint density at radius 2 is 0.722 bits per heavy atom. The number of nitrogens with one attached hydrogen (secondary N) is 3. The Morgan fingerprint density at radius 3 is 1.01 bits per heavy atom. The van der Waals surface area contributed by atoms with Crippen molar-refractivity contribution in [3.8, 4) is 0 Å². The minimum Gasteiger partial charge on any atom is -0.414 e. The fraction of sp³-hybridized carbons (Fsp3) is 0.481. The quantitative estimate of drug-likeness (QED) is 0.0485. The first-order valence-electron chi connectivity index (χ1n) is 35.1. The summed E-state index contributed by atoms with van der Waals surface area (Å²) in [5, 5.41) is 37.9. The van der Waals surface area contributed by atoms with Crippen molar-refractivity contribution in [2.75, 3.05) is 16.0 Å². The highest BCUT2D eigenvalue weighted by molar-refractivity contribution is 14.1. The van der Waals surface area contributed by atoms with Crippen LogP contribution in [0.3, 0.4) is 0 Å². The van der Waals surface area contributed by atoms with E-state index in [2.05, 4.69) is 288 Å². The third-order valence-corrected chi connectivity index (χ3v) is 30.8. The molecule has 518 valence electrons. The zero-order chi connectivity index (χ0) is 70.9. The summed E-state index contributed by atoms with van der Waals surface area (Å²) in [4.78, 5) is 28.4. The SMILES string of the molecule is Cc1cccc([C@@H](C)Nc2nc(C)nc3c(C)cc(C4(O)CCC(O[Si](C)(C)C(C)(C)C)CC4)cc23)c1.Cc1cccc([C@@H](C)Nc2nc(C)nc3c(C)cc(C4(O)CCC(O[Si](C)(C)C(C)(C)C)CC4)cc23)c1.Cc1cccc([C@@H](C)Nc2nc(C)nc3c(C)cc(I)cc23)c1. The van der Waals surface area contributed by atoms with Gasteiger partial charge in [-0.15, -0.1) is 0 Å². The molecule has 0 bridgehead atoms. The Kier molecular flexibility index (Phi) is 23.1. The predicted molar refractivity (Wildman–Crippen MR) is 418 cm³/mol. The summed E-state index contributed by atoms with van der Waals surface area (Å²) in [6.45, 7) is 47.9. The Labute approximate surface area is 595 Å². The van der Waals surface area contributed by atoms with Crippen LogP contribution in [0.1, 0.15) is 210 Å². The van der Waals surface area contributed by atoms with Crippen LogP contribution in [0.15, 0.2) is 109 Å². The van der Waals surface area contributed by atoms with Crippen LogP contribution in [0.25, 0.3) is 32.7 Å². The van der Waals surface area contributed by atoms with E-state index in [9.17, 15) is 10.2 Å². The van der Waals surface area contributed by atoms with Gasteiger partial charge >= 0.3 is 0 Å². The lowest BCUT2D eigenvalue weighted by Crippen LogP contribution is -2.46. The highest BCUT2D eigenvalue weighted by Gasteiger charge is 2.44. The van der Waals surface area contributed by atoms with Gasteiger partial charge in [-0.2, -0.15) is 0 Å². The van der Waals surface area contributed by atoms with Crippen LogP contribution in [-0.4, -0.2) is 69.0 Å². The molecule has 0 saturated heterocycles. The van der Waals surface area contributed by atoms with E-state index in [0.29, 0.717) is 25.7 Å². The lowest BCUT2D eigenvalue weighted by atomic mass is 9.78. The van der Waals surface area contributed by atoms with Crippen molar-refractivity contribution in [2.24, 2.45) is 0 Å².